The van der Waals surface area contributed by atoms with E-state index in [1.807, 2.05) is 18.2 Å². The van der Waals surface area contributed by atoms with Gasteiger partial charge in [-0.05, 0) is 25.0 Å². The van der Waals surface area contributed by atoms with E-state index in [1.54, 1.807) is 6.07 Å². The molecule has 0 spiro atoms. The standard InChI is InChI=1S/C15H18N4OS/c16-15(17-10-5-1-2-6-10)21-9-13-18-12-8-4-3-7-11(12)14(20)19-13/h3-4,7-8,10H,1-2,5-6,9H2,(H2,16,17)(H,18,19,20). The maximum Gasteiger partial charge on any atom is 0.258 e. The number of thioether (sulfide) groups is 1. The fourth-order valence-electron chi connectivity index (χ4n) is 2.60. The van der Waals surface area contributed by atoms with E-state index in [4.69, 9.17) is 5.73 Å². The van der Waals surface area contributed by atoms with E-state index >= 15 is 0 Å². The molecule has 5 nitrogen and oxygen atoms in total. The predicted octanol–water partition coefficient (Wildman–Crippen LogP) is 2.41. The molecule has 1 saturated carbocycles. The van der Waals surface area contributed by atoms with Crippen LogP contribution in [0.25, 0.3) is 10.9 Å². The van der Waals surface area contributed by atoms with Gasteiger partial charge >= 0.3 is 0 Å². The van der Waals surface area contributed by atoms with E-state index in [1.165, 1.54) is 24.6 Å². The number of H-pyrrole nitrogens is 1. The summed E-state index contributed by atoms with van der Waals surface area (Å²) in [6, 6.07) is 7.70. The molecule has 21 heavy (non-hydrogen) atoms. The molecule has 0 saturated heterocycles. The highest BCUT2D eigenvalue weighted by Crippen LogP contribution is 2.22. The first kappa shape index (κ1) is 14.1. The van der Waals surface area contributed by atoms with Gasteiger partial charge in [0.15, 0.2) is 5.17 Å². The Morgan fingerprint density at radius 2 is 2.14 bits per heavy atom. The van der Waals surface area contributed by atoms with Crippen LogP contribution in [0, 0.1) is 0 Å². The Hall–Kier alpha value is -1.82. The van der Waals surface area contributed by atoms with Crippen LogP contribution < -0.4 is 11.3 Å². The molecule has 0 atom stereocenters. The lowest BCUT2D eigenvalue weighted by molar-refractivity contribution is 0.708. The molecular formula is C15H18N4OS. The molecule has 0 radical (unpaired) electrons. The molecule has 1 aromatic carbocycles. The minimum atomic E-state index is -0.109. The number of aromatic amines is 1. The molecule has 0 amide bonds. The number of aliphatic imine (C=N–C) groups is 1. The third kappa shape index (κ3) is 3.44. The molecule has 3 rings (SSSR count). The molecular weight excluding hydrogens is 284 g/mol. The fraction of sp³-hybridized carbons (Fsp3) is 0.400. The van der Waals surface area contributed by atoms with Gasteiger partial charge in [0, 0.05) is 0 Å². The molecule has 1 aliphatic carbocycles. The second-order valence-electron chi connectivity index (χ2n) is 5.22. The molecule has 1 aromatic heterocycles. The third-order valence-corrected chi connectivity index (χ3v) is 4.47. The number of para-hydroxylation sites is 1. The van der Waals surface area contributed by atoms with Crippen molar-refractivity contribution in [2.24, 2.45) is 10.7 Å². The van der Waals surface area contributed by atoms with Gasteiger partial charge in [0.25, 0.3) is 5.56 Å². The average molecular weight is 302 g/mol. The monoisotopic (exact) mass is 302 g/mol. The highest BCUT2D eigenvalue weighted by molar-refractivity contribution is 8.13. The lowest BCUT2D eigenvalue weighted by Gasteiger charge is -2.06. The zero-order valence-corrected chi connectivity index (χ0v) is 12.5. The van der Waals surface area contributed by atoms with E-state index in [2.05, 4.69) is 15.0 Å². The lowest BCUT2D eigenvalue weighted by Crippen LogP contribution is -2.14. The van der Waals surface area contributed by atoms with Gasteiger partial charge in [-0.25, -0.2) is 4.98 Å². The van der Waals surface area contributed by atoms with Gasteiger partial charge in [-0.15, -0.1) is 0 Å². The number of nitrogens with two attached hydrogens (primary N) is 1. The number of hydrogen-bond acceptors (Lipinski definition) is 4. The number of nitrogens with zero attached hydrogens (tertiary/aromatic N) is 2. The molecule has 2 aromatic rings. The average Bonchev–Trinajstić information content (AvgIpc) is 2.98. The minimum Gasteiger partial charge on any atom is -0.379 e. The molecule has 3 N–H and O–H groups in total. The topological polar surface area (TPSA) is 84.1 Å². The molecule has 0 unspecified atom stereocenters. The number of aromatic nitrogens is 2. The zero-order chi connectivity index (χ0) is 14.7. The summed E-state index contributed by atoms with van der Waals surface area (Å²) in [5.41, 5.74) is 6.55. The Balaban J connectivity index is 1.71. The van der Waals surface area contributed by atoms with Crippen molar-refractivity contribution >= 4 is 27.8 Å². The van der Waals surface area contributed by atoms with Crippen LogP contribution in [0.1, 0.15) is 31.5 Å². The van der Waals surface area contributed by atoms with Crippen molar-refractivity contribution in [1.82, 2.24) is 9.97 Å². The summed E-state index contributed by atoms with van der Waals surface area (Å²) in [6.45, 7) is 0. The fourth-order valence-corrected chi connectivity index (χ4v) is 3.24. The van der Waals surface area contributed by atoms with Crippen molar-refractivity contribution in [2.75, 3.05) is 0 Å². The number of amidine groups is 1. The summed E-state index contributed by atoms with van der Waals surface area (Å²) in [5, 5.41) is 1.19. The smallest absolute Gasteiger partial charge is 0.258 e. The minimum absolute atomic E-state index is 0.109. The second kappa shape index (κ2) is 6.30. The molecule has 0 bridgehead atoms. The highest BCUT2D eigenvalue weighted by atomic mass is 32.2. The molecule has 110 valence electrons. The van der Waals surface area contributed by atoms with Crippen molar-refractivity contribution in [3.05, 3.63) is 40.4 Å². The van der Waals surface area contributed by atoms with Gasteiger partial charge in [0.2, 0.25) is 0 Å². The summed E-state index contributed by atoms with van der Waals surface area (Å²) in [6.07, 6.45) is 4.75. The first-order valence-corrected chi connectivity index (χ1v) is 8.15. The second-order valence-corrected chi connectivity index (χ2v) is 6.22. The van der Waals surface area contributed by atoms with Crippen molar-refractivity contribution in [1.29, 1.82) is 0 Å². The third-order valence-electron chi connectivity index (χ3n) is 3.65. The number of benzene rings is 1. The SMILES string of the molecule is NC(=NC1CCCC1)SCc1nc2ccccc2c(=O)[nH]1. The van der Waals surface area contributed by atoms with Crippen LogP contribution in [-0.4, -0.2) is 21.2 Å². The summed E-state index contributed by atoms with van der Waals surface area (Å²) < 4.78 is 0. The Bertz CT molecular complexity index is 719. The molecule has 1 aliphatic rings. The number of hydrogen-bond donors (Lipinski definition) is 2. The zero-order valence-electron chi connectivity index (χ0n) is 11.7. The van der Waals surface area contributed by atoms with Crippen molar-refractivity contribution in [3.8, 4) is 0 Å². The molecule has 0 aliphatic heterocycles. The first-order chi connectivity index (χ1) is 10.2. The van der Waals surface area contributed by atoms with Gasteiger partial charge in [0.1, 0.15) is 5.82 Å². The van der Waals surface area contributed by atoms with Crippen LogP contribution in [0.15, 0.2) is 34.1 Å². The van der Waals surface area contributed by atoms with Gasteiger partial charge in [-0.1, -0.05) is 36.7 Å². The number of fused-ring (bicyclic) bond motifs is 1. The van der Waals surface area contributed by atoms with E-state index < -0.39 is 0 Å². The Kier molecular flexibility index (Phi) is 4.24. The number of rotatable bonds is 3. The van der Waals surface area contributed by atoms with Crippen LogP contribution in [-0.2, 0) is 5.75 Å². The van der Waals surface area contributed by atoms with E-state index in [9.17, 15) is 4.79 Å². The lowest BCUT2D eigenvalue weighted by atomic mass is 10.2. The predicted molar refractivity (Wildman–Crippen MR) is 87.5 cm³/mol. The summed E-state index contributed by atoms with van der Waals surface area (Å²) in [5.74, 6) is 1.16. The number of nitrogens with one attached hydrogen (secondary N) is 1. The van der Waals surface area contributed by atoms with Crippen LogP contribution in [0.2, 0.25) is 0 Å². The van der Waals surface area contributed by atoms with E-state index in [0.717, 1.165) is 12.8 Å². The highest BCUT2D eigenvalue weighted by Gasteiger charge is 2.14. The van der Waals surface area contributed by atoms with E-state index in [0.29, 0.717) is 33.7 Å². The van der Waals surface area contributed by atoms with Gasteiger partial charge < -0.3 is 10.7 Å². The van der Waals surface area contributed by atoms with Gasteiger partial charge in [0.05, 0.1) is 22.7 Å². The largest absolute Gasteiger partial charge is 0.379 e. The molecule has 6 heteroatoms. The van der Waals surface area contributed by atoms with Crippen LogP contribution in [0.4, 0.5) is 0 Å². The normalized spacial score (nSPS) is 16.7. The van der Waals surface area contributed by atoms with Crippen LogP contribution in [0.3, 0.4) is 0 Å². The van der Waals surface area contributed by atoms with Crippen molar-refractivity contribution in [3.63, 3.8) is 0 Å². The summed E-state index contributed by atoms with van der Waals surface area (Å²) in [7, 11) is 0. The van der Waals surface area contributed by atoms with Gasteiger partial charge in [-0.2, -0.15) is 0 Å². The van der Waals surface area contributed by atoms with Gasteiger partial charge in [-0.3, -0.25) is 9.79 Å². The maximum atomic E-state index is 12.0. The maximum absolute atomic E-state index is 12.0. The van der Waals surface area contributed by atoms with Crippen molar-refractivity contribution in [2.45, 2.75) is 37.5 Å². The summed E-state index contributed by atoms with van der Waals surface area (Å²) in [4.78, 5) is 23.7. The van der Waals surface area contributed by atoms with Crippen LogP contribution in [0.5, 0.6) is 0 Å². The molecule has 1 fully saturated rings. The summed E-state index contributed by atoms with van der Waals surface area (Å²) >= 11 is 1.43. The Labute approximate surface area is 127 Å². The molecule has 1 heterocycles. The Morgan fingerprint density at radius 1 is 1.38 bits per heavy atom. The first-order valence-electron chi connectivity index (χ1n) is 7.16. The van der Waals surface area contributed by atoms with Crippen LogP contribution >= 0.6 is 11.8 Å². The quantitative estimate of drug-likeness (QED) is 0.673. The van der Waals surface area contributed by atoms with Crippen molar-refractivity contribution < 1.29 is 0 Å². The Morgan fingerprint density at radius 3 is 2.95 bits per heavy atom. The van der Waals surface area contributed by atoms with E-state index in [-0.39, 0.29) is 5.56 Å².